The number of rotatable bonds is 7. The third-order valence-corrected chi connectivity index (χ3v) is 6.33. The van der Waals surface area contributed by atoms with Gasteiger partial charge in [0.25, 0.3) is 0 Å². The minimum Gasteiger partial charge on any atom is -0.481 e. The van der Waals surface area contributed by atoms with Crippen molar-refractivity contribution in [1.82, 2.24) is 19.8 Å². The summed E-state index contributed by atoms with van der Waals surface area (Å²) in [6.45, 7) is 6.16. The fraction of sp³-hybridized carbons (Fsp3) is 0.370. The number of aromatic nitrogens is 2. The van der Waals surface area contributed by atoms with Crippen molar-refractivity contribution >= 4 is 17.1 Å². The van der Waals surface area contributed by atoms with Gasteiger partial charge < -0.3 is 14.5 Å². The van der Waals surface area contributed by atoms with Gasteiger partial charge in [-0.1, -0.05) is 31.6 Å². The van der Waals surface area contributed by atoms with Crippen molar-refractivity contribution in [1.29, 1.82) is 0 Å². The van der Waals surface area contributed by atoms with Crippen molar-refractivity contribution < 1.29 is 13.9 Å². The first-order valence-corrected chi connectivity index (χ1v) is 11.7. The highest BCUT2D eigenvalue weighted by atomic mass is 19.1. The third-order valence-electron chi connectivity index (χ3n) is 6.33. The zero-order valence-corrected chi connectivity index (χ0v) is 20.1. The molecule has 1 amide bonds. The van der Waals surface area contributed by atoms with Crippen LogP contribution in [0.5, 0.6) is 5.88 Å². The summed E-state index contributed by atoms with van der Waals surface area (Å²) in [6, 6.07) is 7.04. The van der Waals surface area contributed by atoms with Gasteiger partial charge in [0.05, 0.1) is 19.3 Å². The number of ether oxygens (including phenoxy) is 1. The van der Waals surface area contributed by atoms with E-state index in [1.807, 2.05) is 23.1 Å². The summed E-state index contributed by atoms with van der Waals surface area (Å²) in [6.07, 6.45) is 10.5. The first-order valence-electron chi connectivity index (χ1n) is 11.7. The molecule has 1 aromatic carbocycles. The zero-order valence-electron chi connectivity index (χ0n) is 20.1. The Morgan fingerprint density at radius 3 is 2.74 bits per heavy atom. The maximum atomic E-state index is 13.7. The smallest absolute Gasteiger partial charge is 0.242 e. The molecule has 0 saturated carbocycles. The molecule has 34 heavy (non-hydrogen) atoms. The topological polar surface area (TPSA) is 58.6 Å². The van der Waals surface area contributed by atoms with Gasteiger partial charge in [0, 0.05) is 31.4 Å². The highest BCUT2D eigenvalue weighted by molar-refractivity contribution is 5.81. The number of methoxy groups -OCH3 is 1. The Morgan fingerprint density at radius 2 is 2.03 bits per heavy atom. The van der Waals surface area contributed by atoms with E-state index in [0.717, 1.165) is 47.4 Å². The van der Waals surface area contributed by atoms with E-state index in [1.54, 1.807) is 14.0 Å². The second kappa shape index (κ2) is 10.6. The van der Waals surface area contributed by atoms with Gasteiger partial charge in [0.1, 0.15) is 12.1 Å². The Balaban J connectivity index is 1.41. The largest absolute Gasteiger partial charge is 0.481 e. The fourth-order valence-electron chi connectivity index (χ4n) is 4.35. The molecule has 2 aliphatic rings. The van der Waals surface area contributed by atoms with Crippen LogP contribution in [0.4, 0.5) is 4.39 Å². The van der Waals surface area contributed by atoms with E-state index in [1.165, 1.54) is 12.4 Å². The van der Waals surface area contributed by atoms with Crippen LogP contribution in [0.3, 0.4) is 0 Å². The second-order valence-electron chi connectivity index (χ2n) is 8.65. The van der Waals surface area contributed by atoms with Crippen molar-refractivity contribution in [3.8, 4) is 5.88 Å². The quantitative estimate of drug-likeness (QED) is 0.600. The van der Waals surface area contributed by atoms with Gasteiger partial charge in [-0.15, -0.1) is 0 Å². The van der Waals surface area contributed by atoms with E-state index in [2.05, 4.69) is 40.0 Å². The van der Waals surface area contributed by atoms with Crippen molar-refractivity contribution in [2.75, 3.05) is 33.3 Å². The van der Waals surface area contributed by atoms with Crippen LogP contribution in [0, 0.1) is 12.7 Å². The predicted molar refractivity (Wildman–Crippen MR) is 131 cm³/mol. The average Bonchev–Trinajstić information content (AvgIpc) is 2.87. The average molecular weight is 463 g/mol. The molecule has 0 fully saturated rings. The molecule has 4 rings (SSSR count). The molecule has 0 N–H and O–H groups in total. The first-order chi connectivity index (χ1) is 16.5. The van der Waals surface area contributed by atoms with E-state index in [9.17, 15) is 9.18 Å². The lowest BCUT2D eigenvalue weighted by Gasteiger charge is -2.33. The van der Waals surface area contributed by atoms with Gasteiger partial charge in [0.2, 0.25) is 11.8 Å². The van der Waals surface area contributed by atoms with E-state index in [0.29, 0.717) is 37.6 Å². The Hall–Kier alpha value is -3.48. The number of carbonyl (C=O) groups excluding carboxylic acids is 1. The van der Waals surface area contributed by atoms with Crippen LogP contribution in [-0.4, -0.2) is 59.0 Å². The molecule has 2 aromatic rings. The van der Waals surface area contributed by atoms with Crippen LogP contribution in [0.15, 0.2) is 54.5 Å². The van der Waals surface area contributed by atoms with Crippen molar-refractivity contribution in [2.24, 2.45) is 0 Å². The van der Waals surface area contributed by atoms with Gasteiger partial charge in [-0.3, -0.25) is 4.79 Å². The molecule has 0 aliphatic carbocycles. The summed E-state index contributed by atoms with van der Waals surface area (Å²) in [5.41, 5.74) is 5.83. The number of halogens is 1. The zero-order chi connectivity index (χ0) is 24.1. The minimum absolute atomic E-state index is 0.118. The lowest BCUT2D eigenvalue weighted by Crippen LogP contribution is -2.42. The molecule has 6 nitrogen and oxygen atoms in total. The standard InChI is InChI=1S/C27H31FN4O2/c1-4-5-23-15-22(21-6-7-24(28)19(2)14-21)10-13-32(23)17-27(33)31-11-8-20(9-12-31)25-16-26(34-3)30-18-29-25/h6-8,10,14-16,18H,4-5,9,11-13,17H2,1-3H3. The fourth-order valence-corrected chi connectivity index (χ4v) is 4.35. The third kappa shape index (κ3) is 5.35. The maximum absolute atomic E-state index is 13.7. The van der Waals surface area contributed by atoms with Gasteiger partial charge in [0.15, 0.2) is 0 Å². The van der Waals surface area contributed by atoms with Crippen molar-refractivity contribution in [3.05, 3.63) is 77.2 Å². The number of nitrogens with zero attached hydrogens (tertiary/aromatic N) is 4. The summed E-state index contributed by atoms with van der Waals surface area (Å²) in [5.74, 6) is 0.461. The van der Waals surface area contributed by atoms with Crippen LogP contribution in [0.1, 0.15) is 43.0 Å². The van der Waals surface area contributed by atoms with Crippen LogP contribution in [-0.2, 0) is 4.79 Å². The van der Waals surface area contributed by atoms with Gasteiger partial charge in [-0.2, -0.15) is 0 Å². The summed E-state index contributed by atoms with van der Waals surface area (Å²) in [4.78, 5) is 25.6. The Morgan fingerprint density at radius 1 is 1.18 bits per heavy atom. The molecular weight excluding hydrogens is 431 g/mol. The molecule has 7 heteroatoms. The summed E-state index contributed by atoms with van der Waals surface area (Å²) in [5, 5.41) is 0. The minimum atomic E-state index is -0.192. The SMILES string of the molecule is CCCC1=CC(c2ccc(F)c(C)c2)=CCN1CC(=O)N1CC=C(c2cc(OC)ncn2)CC1. The second-order valence-corrected chi connectivity index (χ2v) is 8.65. The van der Waals surface area contributed by atoms with Crippen molar-refractivity contribution in [3.63, 3.8) is 0 Å². The van der Waals surface area contributed by atoms with E-state index >= 15 is 0 Å². The van der Waals surface area contributed by atoms with Gasteiger partial charge >= 0.3 is 0 Å². The number of amides is 1. The highest BCUT2D eigenvalue weighted by Crippen LogP contribution is 2.28. The Labute approximate surface area is 200 Å². The molecule has 3 heterocycles. The molecule has 1 aromatic heterocycles. The predicted octanol–water partition coefficient (Wildman–Crippen LogP) is 4.63. The molecule has 0 unspecified atom stereocenters. The first kappa shape index (κ1) is 23.7. The lowest BCUT2D eigenvalue weighted by atomic mass is 9.98. The molecular formula is C27H31FN4O2. The van der Waals surface area contributed by atoms with Crippen molar-refractivity contribution in [2.45, 2.75) is 33.1 Å². The molecule has 178 valence electrons. The molecule has 0 atom stereocenters. The van der Waals surface area contributed by atoms with Crippen LogP contribution in [0.2, 0.25) is 0 Å². The molecule has 0 saturated heterocycles. The summed E-state index contributed by atoms with van der Waals surface area (Å²) < 4.78 is 18.9. The monoisotopic (exact) mass is 462 g/mol. The normalized spacial score (nSPS) is 16.1. The summed E-state index contributed by atoms with van der Waals surface area (Å²) in [7, 11) is 1.59. The van der Waals surface area contributed by atoms with Gasteiger partial charge in [-0.05, 0) is 60.2 Å². The number of allylic oxidation sites excluding steroid dienone is 3. The highest BCUT2D eigenvalue weighted by Gasteiger charge is 2.23. The Bertz CT molecular complexity index is 1160. The summed E-state index contributed by atoms with van der Waals surface area (Å²) >= 11 is 0. The number of benzene rings is 1. The van der Waals surface area contributed by atoms with Gasteiger partial charge in [-0.25, -0.2) is 14.4 Å². The van der Waals surface area contributed by atoms with Crippen LogP contribution >= 0.6 is 0 Å². The molecule has 0 spiro atoms. The van der Waals surface area contributed by atoms with E-state index in [-0.39, 0.29) is 11.7 Å². The number of hydrogen-bond donors (Lipinski definition) is 0. The lowest BCUT2D eigenvalue weighted by molar-refractivity contribution is -0.131. The number of aryl methyl sites for hydroxylation is 1. The Kier molecular flexibility index (Phi) is 7.40. The molecule has 0 radical (unpaired) electrons. The number of carbonyl (C=O) groups is 1. The molecule has 0 bridgehead atoms. The number of hydrogen-bond acceptors (Lipinski definition) is 5. The van der Waals surface area contributed by atoms with Crippen LogP contribution in [0.25, 0.3) is 11.1 Å². The van der Waals surface area contributed by atoms with E-state index in [4.69, 9.17) is 4.74 Å². The van der Waals surface area contributed by atoms with E-state index < -0.39 is 0 Å². The molecule has 2 aliphatic heterocycles. The maximum Gasteiger partial charge on any atom is 0.242 e. The van der Waals surface area contributed by atoms with Crippen LogP contribution < -0.4 is 4.74 Å².